The van der Waals surface area contributed by atoms with Crippen molar-refractivity contribution in [3.8, 4) is 0 Å². The van der Waals surface area contributed by atoms with E-state index >= 15 is 0 Å². The summed E-state index contributed by atoms with van der Waals surface area (Å²) >= 11 is 0. The third-order valence-corrected chi connectivity index (χ3v) is 3.44. The zero-order chi connectivity index (χ0) is 15.0. The molecule has 0 amide bonds. The van der Waals surface area contributed by atoms with Crippen LogP contribution in [0.5, 0.6) is 0 Å². The topological polar surface area (TPSA) is 87.8 Å². The zero-order valence-electron chi connectivity index (χ0n) is 12.4. The van der Waals surface area contributed by atoms with Crippen molar-refractivity contribution in [2.75, 3.05) is 6.54 Å². The van der Waals surface area contributed by atoms with Crippen molar-refractivity contribution in [1.82, 2.24) is 18.7 Å². The van der Waals surface area contributed by atoms with Gasteiger partial charge >= 0.3 is 5.69 Å². The summed E-state index contributed by atoms with van der Waals surface area (Å²) in [7, 11) is 1.49. The van der Waals surface area contributed by atoms with Crippen molar-refractivity contribution in [3.05, 3.63) is 26.7 Å². The van der Waals surface area contributed by atoms with Gasteiger partial charge in [0.1, 0.15) is 5.82 Å². The first-order valence-corrected chi connectivity index (χ1v) is 6.84. The van der Waals surface area contributed by atoms with E-state index < -0.39 is 0 Å². The summed E-state index contributed by atoms with van der Waals surface area (Å²) in [6.45, 7) is 7.28. The highest BCUT2D eigenvalue weighted by atomic mass is 16.2. The molecule has 0 radical (unpaired) electrons. The molecule has 0 aliphatic rings. The molecule has 0 saturated carbocycles. The van der Waals surface area contributed by atoms with E-state index in [1.54, 1.807) is 0 Å². The second kappa shape index (κ2) is 5.24. The maximum Gasteiger partial charge on any atom is 0.332 e. The van der Waals surface area contributed by atoms with Crippen LogP contribution in [-0.4, -0.2) is 25.2 Å². The first-order chi connectivity index (χ1) is 9.43. The van der Waals surface area contributed by atoms with Crippen LogP contribution in [0.1, 0.15) is 32.5 Å². The van der Waals surface area contributed by atoms with Gasteiger partial charge in [0, 0.05) is 32.6 Å². The Labute approximate surface area is 116 Å². The second-order valence-corrected chi connectivity index (χ2v) is 5.13. The van der Waals surface area contributed by atoms with Crippen molar-refractivity contribution in [2.24, 2.45) is 12.8 Å². The highest BCUT2D eigenvalue weighted by Crippen LogP contribution is 2.18. The van der Waals surface area contributed by atoms with Gasteiger partial charge in [0.25, 0.3) is 5.56 Å². The lowest BCUT2D eigenvalue weighted by molar-refractivity contribution is 0.633. The van der Waals surface area contributed by atoms with Crippen LogP contribution in [0.4, 0.5) is 0 Å². The number of hydrogen-bond donors (Lipinski definition) is 1. The monoisotopic (exact) mass is 279 g/mol. The number of aromatic nitrogens is 4. The molecule has 7 nitrogen and oxygen atoms in total. The van der Waals surface area contributed by atoms with E-state index in [1.807, 2.05) is 25.3 Å². The summed E-state index contributed by atoms with van der Waals surface area (Å²) in [4.78, 5) is 29.1. The van der Waals surface area contributed by atoms with Crippen LogP contribution in [0.2, 0.25) is 0 Å². The Balaban J connectivity index is 3.01. The van der Waals surface area contributed by atoms with Crippen LogP contribution >= 0.6 is 0 Å². The Bertz CT molecular complexity index is 751. The first kappa shape index (κ1) is 14.5. The molecule has 2 aromatic rings. The maximum absolute atomic E-state index is 12.4. The average Bonchev–Trinajstić information content (AvgIpc) is 2.77. The van der Waals surface area contributed by atoms with E-state index in [9.17, 15) is 9.59 Å². The second-order valence-electron chi connectivity index (χ2n) is 5.13. The van der Waals surface area contributed by atoms with Crippen LogP contribution in [-0.2, 0) is 20.1 Å². The molecule has 0 bridgehead atoms. The summed E-state index contributed by atoms with van der Waals surface area (Å²) in [5.41, 5.74) is 5.91. The van der Waals surface area contributed by atoms with E-state index in [2.05, 4.69) is 4.98 Å². The van der Waals surface area contributed by atoms with Gasteiger partial charge in [-0.25, -0.2) is 9.78 Å². The Morgan fingerprint density at radius 1 is 1.25 bits per heavy atom. The number of aryl methyl sites for hydroxylation is 1. The number of rotatable bonds is 4. The SMILES string of the molecule is CCn1c(=O)n(C)c(=O)c2c1nc(C(C)C)n2CCN. The van der Waals surface area contributed by atoms with Crippen LogP contribution in [0.25, 0.3) is 11.2 Å². The largest absolute Gasteiger partial charge is 0.332 e. The fourth-order valence-corrected chi connectivity index (χ4v) is 2.45. The molecule has 7 heteroatoms. The summed E-state index contributed by atoms with van der Waals surface area (Å²) in [5, 5.41) is 0. The Morgan fingerprint density at radius 2 is 1.90 bits per heavy atom. The van der Waals surface area contributed by atoms with E-state index in [0.717, 1.165) is 10.4 Å². The third-order valence-electron chi connectivity index (χ3n) is 3.44. The normalized spacial score (nSPS) is 11.7. The smallest absolute Gasteiger partial charge is 0.329 e. The van der Waals surface area contributed by atoms with Gasteiger partial charge in [-0.05, 0) is 6.92 Å². The van der Waals surface area contributed by atoms with Crippen LogP contribution < -0.4 is 17.0 Å². The lowest BCUT2D eigenvalue weighted by atomic mass is 10.2. The molecule has 110 valence electrons. The molecule has 0 spiro atoms. The number of imidazole rings is 1. The van der Waals surface area contributed by atoms with Gasteiger partial charge in [-0.15, -0.1) is 0 Å². The molecular weight excluding hydrogens is 258 g/mol. The number of nitrogens with two attached hydrogens (primary N) is 1. The van der Waals surface area contributed by atoms with Crippen molar-refractivity contribution < 1.29 is 0 Å². The molecule has 0 unspecified atom stereocenters. The summed E-state index contributed by atoms with van der Waals surface area (Å²) < 4.78 is 4.49. The summed E-state index contributed by atoms with van der Waals surface area (Å²) in [5.74, 6) is 0.939. The van der Waals surface area contributed by atoms with Gasteiger partial charge in [-0.1, -0.05) is 13.8 Å². The van der Waals surface area contributed by atoms with Crippen LogP contribution in [0, 0.1) is 0 Å². The zero-order valence-corrected chi connectivity index (χ0v) is 12.4. The van der Waals surface area contributed by atoms with E-state index in [-0.39, 0.29) is 17.2 Å². The lowest BCUT2D eigenvalue weighted by Crippen LogP contribution is -2.38. The van der Waals surface area contributed by atoms with Crippen molar-refractivity contribution >= 4 is 11.2 Å². The van der Waals surface area contributed by atoms with E-state index in [4.69, 9.17) is 5.73 Å². The average molecular weight is 279 g/mol. The molecular formula is C13H21N5O2. The molecule has 0 aromatic carbocycles. The van der Waals surface area contributed by atoms with Crippen LogP contribution in [0.3, 0.4) is 0 Å². The fourth-order valence-electron chi connectivity index (χ4n) is 2.45. The number of fused-ring (bicyclic) bond motifs is 1. The quantitative estimate of drug-likeness (QED) is 0.853. The molecule has 2 heterocycles. The van der Waals surface area contributed by atoms with Gasteiger partial charge in [-0.3, -0.25) is 13.9 Å². The molecule has 0 fully saturated rings. The first-order valence-electron chi connectivity index (χ1n) is 6.84. The minimum absolute atomic E-state index is 0.152. The molecule has 0 aliphatic carbocycles. The van der Waals surface area contributed by atoms with E-state index in [1.165, 1.54) is 11.6 Å². The van der Waals surface area contributed by atoms with Crippen molar-refractivity contribution in [3.63, 3.8) is 0 Å². The molecule has 0 saturated heterocycles. The third kappa shape index (κ3) is 1.98. The van der Waals surface area contributed by atoms with Gasteiger partial charge in [0.05, 0.1) is 0 Å². The standard InChI is InChI=1S/C13H21N5O2/c1-5-17-11-9(12(19)16(4)13(17)20)18(7-6-14)10(15-11)8(2)3/h8H,5-7,14H2,1-4H3. The Morgan fingerprint density at radius 3 is 2.40 bits per heavy atom. The number of nitrogens with zero attached hydrogens (tertiary/aromatic N) is 4. The molecule has 2 N–H and O–H groups in total. The predicted molar refractivity (Wildman–Crippen MR) is 78.1 cm³/mol. The summed E-state index contributed by atoms with van der Waals surface area (Å²) in [6.07, 6.45) is 0. The van der Waals surface area contributed by atoms with Gasteiger partial charge in [0.15, 0.2) is 11.2 Å². The molecule has 2 rings (SSSR count). The minimum atomic E-state index is -0.335. The summed E-state index contributed by atoms with van der Waals surface area (Å²) in [6, 6.07) is 0. The highest BCUT2D eigenvalue weighted by Gasteiger charge is 2.20. The van der Waals surface area contributed by atoms with Crippen LogP contribution in [0.15, 0.2) is 9.59 Å². The van der Waals surface area contributed by atoms with Crippen molar-refractivity contribution in [2.45, 2.75) is 39.8 Å². The molecule has 20 heavy (non-hydrogen) atoms. The fraction of sp³-hybridized carbons (Fsp3) is 0.615. The highest BCUT2D eigenvalue weighted by molar-refractivity contribution is 5.71. The molecule has 0 aliphatic heterocycles. The number of hydrogen-bond acceptors (Lipinski definition) is 4. The van der Waals surface area contributed by atoms with Gasteiger partial charge in [0.2, 0.25) is 0 Å². The van der Waals surface area contributed by atoms with Gasteiger partial charge < -0.3 is 10.3 Å². The lowest BCUT2D eigenvalue weighted by Gasteiger charge is -2.10. The van der Waals surface area contributed by atoms with E-state index in [0.29, 0.717) is 30.8 Å². The molecule has 0 atom stereocenters. The maximum atomic E-state index is 12.4. The Kier molecular flexibility index (Phi) is 3.80. The minimum Gasteiger partial charge on any atom is -0.329 e. The Hall–Kier alpha value is -1.89. The van der Waals surface area contributed by atoms with Crippen molar-refractivity contribution in [1.29, 1.82) is 0 Å². The predicted octanol–water partition coefficient (Wildman–Crippen LogP) is -0.00130. The molecule has 2 aromatic heterocycles. The van der Waals surface area contributed by atoms with Gasteiger partial charge in [-0.2, -0.15) is 0 Å².